The van der Waals surface area contributed by atoms with Crippen molar-refractivity contribution in [2.24, 2.45) is 0 Å². The van der Waals surface area contributed by atoms with E-state index in [-0.39, 0.29) is 0 Å². The van der Waals surface area contributed by atoms with Crippen LogP contribution in [0.2, 0.25) is 0 Å². The van der Waals surface area contributed by atoms with Crippen molar-refractivity contribution in [3.63, 3.8) is 0 Å². The van der Waals surface area contributed by atoms with Crippen LogP contribution in [0.5, 0.6) is 0 Å². The van der Waals surface area contributed by atoms with Gasteiger partial charge in [-0.3, -0.25) is 0 Å². The van der Waals surface area contributed by atoms with Crippen molar-refractivity contribution in [3.8, 4) is 5.82 Å². The molecular formula is C9H10BrN5. The number of nitrogens with two attached hydrogens (primary N) is 1. The van der Waals surface area contributed by atoms with Gasteiger partial charge in [0.2, 0.25) is 0 Å². The van der Waals surface area contributed by atoms with Crippen LogP contribution in [-0.2, 0) is 0 Å². The molecule has 6 heteroatoms. The summed E-state index contributed by atoms with van der Waals surface area (Å²) in [4.78, 5) is 8.39. The summed E-state index contributed by atoms with van der Waals surface area (Å²) in [5.74, 6) is 1.84. The molecule has 2 aromatic rings. The van der Waals surface area contributed by atoms with Crippen molar-refractivity contribution in [2.75, 3.05) is 5.73 Å². The minimum Gasteiger partial charge on any atom is -0.383 e. The highest BCUT2D eigenvalue weighted by atomic mass is 79.9. The Morgan fingerprint density at radius 1 is 1.33 bits per heavy atom. The summed E-state index contributed by atoms with van der Waals surface area (Å²) in [6.45, 7) is 3.68. The number of nitrogen functional groups attached to an aromatic ring is 1. The Balaban J connectivity index is 2.62. The van der Waals surface area contributed by atoms with E-state index >= 15 is 0 Å². The standard InChI is InChI=1S/C9H10BrN5/c1-5-8(11)13-6(2)14-9(5)15-4-7(10)3-12-15/h3-4H,1-2H3,(H2,11,13,14). The van der Waals surface area contributed by atoms with E-state index in [0.29, 0.717) is 17.5 Å². The van der Waals surface area contributed by atoms with Crippen LogP contribution in [0.25, 0.3) is 5.82 Å². The molecule has 2 N–H and O–H groups in total. The maximum atomic E-state index is 5.76. The minimum absolute atomic E-state index is 0.490. The number of aromatic nitrogens is 4. The molecule has 0 spiro atoms. The second-order valence-electron chi connectivity index (χ2n) is 3.21. The molecule has 0 saturated carbocycles. The molecule has 0 aromatic carbocycles. The summed E-state index contributed by atoms with van der Waals surface area (Å²) in [6.07, 6.45) is 3.53. The van der Waals surface area contributed by atoms with Crippen LogP contribution in [0.4, 0.5) is 5.82 Å². The van der Waals surface area contributed by atoms with Crippen molar-refractivity contribution >= 4 is 21.7 Å². The quantitative estimate of drug-likeness (QED) is 0.853. The number of rotatable bonds is 1. The fraction of sp³-hybridized carbons (Fsp3) is 0.222. The van der Waals surface area contributed by atoms with Crippen LogP contribution in [0, 0.1) is 13.8 Å². The number of anilines is 1. The van der Waals surface area contributed by atoms with Crippen LogP contribution in [0.1, 0.15) is 11.4 Å². The van der Waals surface area contributed by atoms with Crippen molar-refractivity contribution in [3.05, 3.63) is 28.3 Å². The summed E-state index contributed by atoms with van der Waals surface area (Å²) in [6, 6.07) is 0. The molecule has 0 aliphatic rings. The zero-order valence-electron chi connectivity index (χ0n) is 8.40. The van der Waals surface area contributed by atoms with Gasteiger partial charge in [-0.25, -0.2) is 14.6 Å². The van der Waals surface area contributed by atoms with Crippen molar-refractivity contribution in [1.29, 1.82) is 0 Å². The smallest absolute Gasteiger partial charge is 0.162 e. The lowest BCUT2D eigenvalue weighted by atomic mass is 10.3. The molecule has 0 saturated heterocycles. The van der Waals surface area contributed by atoms with Crippen LogP contribution >= 0.6 is 15.9 Å². The molecule has 0 amide bonds. The van der Waals surface area contributed by atoms with Crippen LogP contribution in [0.15, 0.2) is 16.9 Å². The Kier molecular flexibility index (Phi) is 2.44. The number of aryl methyl sites for hydroxylation is 1. The van der Waals surface area contributed by atoms with E-state index in [9.17, 15) is 0 Å². The first-order chi connectivity index (χ1) is 7.08. The van der Waals surface area contributed by atoms with E-state index in [1.54, 1.807) is 17.8 Å². The summed E-state index contributed by atoms with van der Waals surface area (Å²) in [7, 11) is 0. The predicted molar refractivity (Wildman–Crippen MR) is 60.7 cm³/mol. The number of halogens is 1. The molecule has 0 atom stereocenters. The van der Waals surface area contributed by atoms with E-state index in [1.807, 2.05) is 13.1 Å². The van der Waals surface area contributed by atoms with Gasteiger partial charge in [-0.1, -0.05) is 0 Å². The fourth-order valence-corrected chi connectivity index (χ4v) is 1.56. The van der Waals surface area contributed by atoms with Gasteiger partial charge in [0, 0.05) is 11.8 Å². The second-order valence-corrected chi connectivity index (χ2v) is 4.12. The van der Waals surface area contributed by atoms with Gasteiger partial charge in [0.15, 0.2) is 5.82 Å². The molecule has 5 nitrogen and oxygen atoms in total. The van der Waals surface area contributed by atoms with Crippen LogP contribution in [-0.4, -0.2) is 19.7 Å². The molecule has 0 aliphatic carbocycles. The summed E-state index contributed by atoms with van der Waals surface area (Å²) in [5.41, 5.74) is 6.59. The largest absolute Gasteiger partial charge is 0.383 e. The zero-order chi connectivity index (χ0) is 11.0. The Hall–Kier alpha value is -1.43. The maximum Gasteiger partial charge on any atom is 0.162 e. The maximum absolute atomic E-state index is 5.76. The van der Waals surface area contributed by atoms with Crippen molar-refractivity contribution in [1.82, 2.24) is 19.7 Å². The van der Waals surface area contributed by atoms with Crippen molar-refractivity contribution < 1.29 is 0 Å². The molecule has 15 heavy (non-hydrogen) atoms. The lowest BCUT2D eigenvalue weighted by Crippen LogP contribution is -2.07. The third-order valence-electron chi connectivity index (χ3n) is 2.04. The van der Waals surface area contributed by atoms with Gasteiger partial charge in [-0.2, -0.15) is 5.10 Å². The minimum atomic E-state index is 0.490. The third kappa shape index (κ3) is 1.85. The molecule has 0 aliphatic heterocycles. The first-order valence-electron chi connectivity index (χ1n) is 4.39. The van der Waals surface area contributed by atoms with Gasteiger partial charge in [0.1, 0.15) is 11.6 Å². The van der Waals surface area contributed by atoms with E-state index in [4.69, 9.17) is 5.73 Å². The average molecular weight is 268 g/mol. The van der Waals surface area contributed by atoms with E-state index in [0.717, 1.165) is 10.0 Å². The SMILES string of the molecule is Cc1nc(N)c(C)c(-n2cc(Br)cn2)n1. The Morgan fingerprint density at radius 2 is 2.07 bits per heavy atom. The number of hydrogen-bond acceptors (Lipinski definition) is 4. The average Bonchev–Trinajstić information content (AvgIpc) is 2.58. The molecule has 0 unspecified atom stereocenters. The summed E-state index contributed by atoms with van der Waals surface area (Å²) >= 11 is 3.33. The van der Waals surface area contributed by atoms with Gasteiger partial charge in [0.05, 0.1) is 10.7 Å². The molecule has 0 bridgehead atoms. The molecule has 0 radical (unpaired) electrons. The fourth-order valence-electron chi connectivity index (χ4n) is 1.27. The normalized spacial score (nSPS) is 10.6. The zero-order valence-corrected chi connectivity index (χ0v) is 9.98. The molecule has 78 valence electrons. The Morgan fingerprint density at radius 3 is 2.67 bits per heavy atom. The molecule has 2 heterocycles. The highest BCUT2D eigenvalue weighted by Crippen LogP contribution is 2.17. The topological polar surface area (TPSA) is 69.6 Å². The van der Waals surface area contributed by atoms with E-state index in [2.05, 4.69) is 31.0 Å². The van der Waals surface area contributed by atoms with Crippen molar-refractivity contribution in [2.45, 2.75) is 13.8 Å². The summed E-state index contributed by atoms with van der Waals surface area (Å²) < 4.78 is 2.57. The van der Waals surface area contributed by atoms with E-state index < -0.39 is 0 Å². The first kappa shape index (κ1) is 10.1. The Bertz CT molecular complexity index is 505. The molecule has 2 aromatic heterocycles. The molecular weight excluding hydrogens is 258 g/mol. The number of nitrogens with zero attached hydrogens (tertiary/aromatic N) is 4. The first-order valence-corrected chi connectivity index (χ1v) is 5.18. The van der Waals surface area contributed by atoms with E-state index in [1.165, 1.54) is 0 Å². The van der Waals surface area contributed by atoms with Gasteiger partial charge >= 0.3 is 0 Å². The third-order valence-corrected chi connectivity index (χ3v) is 2.45. The Labute approximate surface area is 95.5 Å². The lowest BCUT2D eigenvalue weighted by Gasteiger charge is -2.07. The molecule has 2 rings (SSSR count). The number of hydrogen-bond donors (Lipinski definition) is 1. The summed E-state index contributed by atoms with van der Waals surface area (Å²) in [5, 5.41) is 4.15. The van der Waals surface area contributed by atoms with Gasteiger partial charge in [0.25, 0.3) is 0 Å². The van der Waals surface area contributed by atoms with Gasteiger partial charge in [-0.15, -0.1) is 0 Å². The van der Waals surface area contributed by atoms with Crippen LogP contribution in [0.3, 0.4) is 0 Å². The lowest BCUT2D eigenvalue weighted by molar-refractivity contribution is 0.820. The van der Waals surface area contributed by atoms with Gasteiger partial charge in [-0.05, 0) is 29.8 Å². The predicted octanol–water partition coefficient (Wildman–Crippen LogP) is 1.62. The van der Waals surface area contributed by atoms with Gasteiger partial charge < -0.3 is 5.73 Å². The molecule has 0 fully saturated rings. The highest BCUT2D eigenvalue weighted by molar-refractivity contribution is 9.10. The monoisotopic (exact) mass is 267 g/mol. The second kappa shape index (κ2) is 3.62. The van der Waals surface area contributed by atoms with Crippen LogP contribution < -0.4 is 5.73 Å². The highest BCUT2D eigenvalue weighted by Gasteiger charge is 2.09.